The maximum atomic E-state index is 4.99. The average Bonchev–Trinajstić information content (AvgIpc) is 3.17. The lowest BCUT2D eigenvalue weighted by molar-refractivity contribution is -0.591. The highest BCUT2D eigenvalue weighted by Gasteiger charge is 2.51. The first kappa shape index (κ1) is 19.8. The predicted molar refractivity (Wildman–Crippen MR) is 132 cm³/mol. The highest BCUT2D eigenvalue weighted by atomic mass is 15.3. The van der Waals surface area contributed by atoms with E-state index in [9.17, 15) is 0 Å². The Morgan fingerprint density at radius 1 is 0.618 bits per heavy atom. The number of benzene rings is 2. The fraction of sp³-hybridized carbons (Fsp3) is 0.310. The summed E-state index contributed by atoms with van der Waals surface area (Å²) in [5.74, 6) is 5.15. The molecule has 2 aromatic heterocycles. The summed E-state index contributed by atoms with van der Waals surface area (Å²) in [5, 5.41) is 0. The van der Waals surface area contributed by atoms with Gasteiger partial charge >= 0.3 is 5.95 Å². The zero-order chi connectivity index (χ0) is 22.5. The van der Waals surface area contributed by atoms with Crippen molar-refractivity contribution in [2.45, 2.75) is 44.2 Å². The highest BCUT2D eigenvalue weighted by Crippen LogP contribution is 2.51. The molecule has 1 saturated heterocycles. The summed E-state index contributed by atoms with van der Waals surface area (Å²) in [6.07, 6.45) is 8.79. The molecule has 3 aliphatic rings. The van der Waals surface area contributed by atoms with Gasteiger partial charge in [0.15, 0.2) is 0 Å². The third kappa shape index (κ3) is 3.30. The Morgan fingerprint density at radius 2 is 1.24 bits per heavy atom. The molecule has 5 heteroatoms. The van der Waals surface area contributed by atoms with E-state index in [1.165, 1.54) is 37.9 Å². The maximum absolute atomic E-state index is 4.99. The second kappa shape index (κ2) is 8.01. The minimum absolute atomic E-state index is 0.625. The van der Waals surface area contributed by atoms with Crippen molar-refractivity contribution in [3.8, 4) is 28.7 Å². The highest BCUT2D eigenvalue weighted by molar-refractivity contribution is 5.61. The van der Waals surface area contributed by atoms with Gasteiger partial charge in [0.2, 0.25) is 17.5 Å². The van der Waals surface area contributed by atoms with Gasteiger partial charge in [-0.3, -0.25) is 0 Å². The Bertz CT molecular complexity index is 1260. The van der Waals surface area contributed by atoms with Crippen LogP contribution in [0.25, 0.3) is 28.7 Å². The third-order valence-corrected chi connectivity index (χ3v) is 8.05. The molecule has 34 heavy (non-hydrogen) atoms. The van der Waals surface area contributed by atoms with Crippen LogP contribution in [0.15, 0.2) is 85.1 Å². The molecule has 0 N–H and O–H groups in total. The molecule has 3 bridgehead atoms. The monoisotopic (exact) mass is 446 g/mol. The van der Waals surface area contributed by atoms with Crippen LogP contribution >= 0.6 is 0 Å². The molecule has 2 saturated carbocycles. The quantitative estimate of drug-likeness (QED) is 0.402. The summed E-state index contributed by atoms with van der Waals surface area (Å²) in [6, 6.07) is 28.2. The molecule has 3 heterocycles. The normalized spacial score (nSPS) is 25.0. The minimum atomic E-state index is 0.625. The van der Waals surface area contributed by atoms with Crippen molar-refractivity contribution in [3.05, 3.63) is 85.1 Å². The largest absolute Gasteiger partial charge is 0.393 e. The number of nitrogens with zero attached hydrogens (tertiary/aromatic N) is 5. The first-order valence-corrected chi connectivity index (χ1v) is 12.5. The van der Waals surface area contributed by atoms with Crippen LogP contribution in [0.4, 0.5) is 5.82 Å². The van der Waals surface area contributed by atoms with Crippen molar-refractivity contribution in [1.29, 1.82) is 0 Å². The van der Waals surface area contributed by atoms with Gasteiger partial charge in [-0.15, -0.1) is 0 Å². The van der Waals surface area contributed by atoms with E-state index in [4.69, 9.17) is 15.0 Å². The third-order valence-electron chi connectivity index (χ3n) is 8.05. The maximum Gasteiger partial charge on any atom is 0.393 e. The lowest BCUT2D eigenvalue weighted by atomic mass is 9.78. The van der Waals surface area contributed by atoms with Gasteiger partial charge in [-0.25, -0.2) is 0 Å². The number of piperidine rings is 1. The molecule has 4 aromatic rings. The SMILES string of the molecule is c1ccc(-c2nc(-c3ccccc3)nc(-[n+]3ccccc3N3C4CCC5CC3CC5C4)n2)cc1. The lowest BCUT2D eigenvalue weighted by Crippen LogP contribution is -2.52. The Labute approximate surface area is 200 Å². The molecule has 168 valence electrons. The molecule has 4 unspecified atom stereocenters. The summed E-state index contributed by atoms with van der Waals surface area (Å²) in [5.41, 5.74) is 1.99. The summed E-state index contributed by atoms with van der Waals surface area (Å²) in [6.45, 7) is 0. The first-order valence-electron chi connectivity index (χ1n) is 12.5. The number of fused-ring (bicyclic) bond motifs is 2. The number of hydrogen-bond donors (Lipinski definition) is 0. The standard InChI is InChI=1S/C29H28N5/c1-3-9-20(10-4-1)27-30-28(21-11-5-2-6-12-21)32-29(31-27)33-16-8-7-13-26(33)34-24-15-14-22-17-25(34)19-23(22)18-24/h1-13,16,22-25H,14-15,17-19H2/q+1. The van der Waals surface area contributed by atoms with E-state index >= 15 is 0 Å². The van der Waals surface area contributed by atoms with Crippen LogP contribution in [0.1, 0.15) is 32.1 Å². The van der Waals surface area contributed by atoms with Crippen LogP contribution < -0.4 is 9.47 Å². The van der Waals surface area contributed by atoms with Gasteiger partial charge in [0.1, 0.15) is 0 Å². The van der Waals surface area contributed by atoms with Crippen LogP contribution in [-0.2, 0) is 0 Å². The van der Waals surface area contributed by atoms with Gasteiger partial charge in [-0.05, 0) is 50.0 Å². The van der Waals surface area contributed by atoms with Crippen molar-refractivity contribution >= 4 is 5.82 Å². The minimum Gasteiger partial charge on any atom is -0.303 e. The molecule has 2 aromatic carbocycles. The fourth-order valence-electron chi connectivity index (χ4n) is 6.57. The number of anilines is 1. The van der Waals surface area contributed by atoms with E-state index in [2.05, 4.69) is 58.1 Å². The van der Waals surface area contributed by atoms with Gasteiger partial charge < -0.3 is 4.90 Å². The van der Waals surface area contributed by atoms with E-state index in [1.54, 1.807) is 0 Å². The summed E-state index contributed by atoms with van der Waals surface area (Å²) in [4.78, 5) is 17.6. The van der Waals surface area contributed by atoms with E-state index in [1.807, 2.05) is 36.4 Å². The Morgan fingerprint density at radius 3 is 1.94 bits per heavy atom. The molecule has 0 radical (unpaired) electrons. The van der Waals surface area contributed by atoms with E-state index in [0.717, 1.165) is 23.0 Å². The van der Waals surface area contributed by atoms with Crippen LogP contribution in [-0.4, -0.2) is 27.0 Å². The van der Waals surface area contributed by atoms with Gasteiger partial charge in [-0.2, -0.15) is 9.55 Å². The second-order valence-electron chi connectivity index (χ2n) is 9.96. The molecule has 0 spiro atoms. The van der Waals surface area contributed by atoms with Crippen LogP contribution in [0.2, 0.25) is 0 Å². The Balaban J connectivity index is 1.39. The van der Waals surface area contributed by atoms with Gasteiger partial charge in [0.05, 0.1) is 18.3 Å². The lowest BCUT2D eigenvalue weighted by Gasteiger charge is -2.41. The van der Waals surface area contributed by atoms with Gasteiger partial charge in [0.25, 0.3) is 0 Å². The zero-order valence-corrected chi connectivity index (χ0v) is 19.2. The molecular formula is C29H28N5+. The van der Waals surface area contributed by atoms with E-state index < -0.39 is 0 Å². The molecule has 3 fully saturated rings. The van der Waals surface area contributed by atoms with Crippen LogP contribution in [0, 0.1) is 11.8 Å². The molecule has 0 amide bonds. The van der Waals surface area contributed by atoms with Crippen molar-refractivity contribution in [1.82, 2.24) is 15.0 Å². The molecule has 2 aliphatic carbocycles. The average molecular weight is 447 g/mol. The first-order chi connectivity index (χ1) is 16.8. The van der Waals surface area contributed by atoms with Crippen molar-refractivity contribution in [3.63, 3.8) is 0 Å². The van der Waals surface area contributed by atoms with E-state index in [0.29, 0.717) is 29.7 Å². The molecule has 4 atom stereocenters. The molecule has 5 nitrogen and oxygen atoms in total. The number of rotatable bonds is 4. The van der Waals surface area contributed by atoms with Crippen LogP contribution in [0.3, 0.4) is 0 Å². The number of pyridine rings is 1. The second-order valence-corrected chi connectivity index (χ2v) is 9.96. The zero-order valence-electron chi connectivity index (χ0n) is 19.2. The number of hydrogen-bond acceptors (Lipinski definition) is 4. The Kier molecular flexibility index (Phi) is 4.67. The van der Waals surface area contributed by atoms with Crippen LogP contribution in [0.5, 0.6) is 0 Å². The molecule has 7 rings (SSSR count). The topological polar surface area (TPSA) is 45.8 Å². The fourth-order valence-corrected chi connectivity index (χ4v) is 6.57. The summed E-state index contributed by atoms with van der Waals surface area (Å²) < 4.78 is 2.19. The predicted octanol–water partition coefficient (Wildman–Crippen LogP) is 5.25. The van der Waals surface area contributed by atoms with Crippen molar-refractivity contribution in [2.24, 2.45) is 11.8 Å². The summed E-state index contributed by atoms with van der Waals surface area (Å²) in [7, 11) is 0. The van der Waals surface area contributed by atoms with Crippen molar-refractivity contribution in [2.75, 3.05) is 4.90 Å². The van der Waals surface area contributed by atoms with Gasteiger partial charge in [0, 0.05) is 17.2 Å². The van der Waals surface area contributed by atoms with E-state index in [-0.39, 0.29) is 0 Å². The summed E-state index contributed by atoms with van der Waals surface area (Å²) >= 11 is 0. The van der Waals surface area contributed by atoms with Crippen molar-refractivity contribution < 1.29 is 4.57 Å². The number of aromatic nitrogens is 4. The van der Waals surface area contributed by atoms with Gasteiger partial charge in [-0.1, -0.05) is 76.7 Å². The molecule has 1 aliphatic heterocycles. The smallest absolute Gasteiger partial charge is 0.303 e. The Hall–Kier alpha value is -3.60. The molecular weight excluding hydrogens is 418 g/mol.